The number of aromatic carboxylic acids is 1. The Hall–Kier alpha value is -2.50. The summed E-state index contributed by atoms with van der Waals surface area (Å²) in [7, 11) is 0. The fourth-order valence-corrected chi connectivity index (χ4v) is 1.89. The smallest absolute Gasteiger partial charge is 0.335 e. The quantitative estimate of drug-likeness (QED) is 0.897. The van der Waals surface area contributed by atoms with Crippen LogP contribution in [0.15, 0.2) is 36.4 Å². The lowest BCUT2D eigenvalue weighted by molar-refractivity contribution is 0.0696. The van der Waals surface area contributed by atoms with E-state index in [-0.39, 0.29) is 0 Å². The van der Waals surface area contributed by atoms with Gasteiger partial charge in [0.2, 0.25) is 0 Å². The Morgan fingerprint density at radius 2 is 1.62 bits per heavy atom. The van der Waals surface area contributed by atoms with E-state index in [1.54, 1.807) is 6.92 Å². The van der Waals surface area contributed by atoms with Gasteiger partial charge in [-0.25, -0.2) is 18.0 Å². The van der Waals surface area contributed by atoms with Crippen molar-refractivity contribution < 1.29 is 23.1 Å². The van der Waals surface area contributed by atoms with Crippen molar-refractivity contribution in [3.63, 3.8) is 0 Å². The Kier molecular flexibility index (Phi) is 4.16. The molecule has 21 heavy (non-hydrogen) atoms. The summed E-state index contributed by atoms with van der Waals surface area (Å²) in [4.78, 5) is 10.7. The highest BCUT2D eigenvalue weighted by molar-refractivity contribution is 5.88. The van der Waals surface area contributed by atoms with Gasteiger partial charge >= 0.3 is 5.97 Å². The molecule has 0 aliphatic rings. The van der Waals surface area contributed by atoms with Crippen LogP contribution in [0.4, 0.5) is 18.9 Å². The number of hydrogen-bond donors (Lipinski definition) is 2. The van der Waals surface area contributed by atoms with Crippen LogP contribution >= 0.6 is 0 Å². The molecule has 3 nitrogen and oxygen atoms in total. The van der Waals surface area contributed by atoms with Crippen molar-refractivity contribution in [3.8, 4) is 0 Å². The number of halogens is 3. The lowest BCUT2D eigenvalue weighted by Crippen LogP contribution is -2.11. The maximum Gasteiger partial charge on any atom is 0.335 e. The van der Waals surface area contributed by atoms with E-state index >= 15 is 0 Å². The molecule has 0 heterocycles. The second-order valence-electron chi connectivity index (χ2n) is 4.54. The highest BCUT2D eigenvalue weighted by atomic mass is 19.1. The van der Waals surface area contributed by atoms with Crippen molar-refractivity contribution in [1.82, 2.24) is 0 Å². The topological polar surface area (TPSA) is 49.3 Å². The number of hydrogen-bond acceptors (Lipinski definition) is 2. The van der Waals surface area contributed by atoms with Gasteiger partial charge < -0.3 is 10.4 Å². The van der Waals surface area contributed by atoms with Gasteiger partial charge in [-0.2, -0.15) is 0 Å². The van der Waals surface area contributed by atoms with Crippen molar-refractivity contribution >= 4 is 11.7 Å². The van der Waals surface area contributed by atoms with Gasteiger partial charge in [0, 0.05) is 6.04 Å². The number of nitrogens with one attached hydrogen (secondary N) is 1. The average Bonchev–Trinajstić information content (AvgIpc) is 2.43. The Labute approximate surface area is 119 Å². The van der Waals surface area contributed by atoms with E-state index < -0.39 is 40.7 Å². The fraction of sp³-hybridized carbons (Fsp3) is 0.133. The first-order valence-corrected chi connectivity index (χ1v) is 6.13. The monoisotopic (exact) mass is 295 g/mol. The second kappa shape index (κ2) is 5.87. The van der Waals surface area contributed by atoms with E-state index in [2.05, 4.69) is 5.32 Å². The molecule has 0 bridgehead atoms. The summed E-state index contributed by atoms with van der Waals surface area (Å²) < 4.78 is 40.4. The molecule has 0 spiro atoms. The van der Waals surface area contributed by atoms with E-state index in [1.807, 2.05) is 0 Å². The molecule has 0 saturated heterocycles. The third kappa shape index (κ3) is 3.34. The van der Waals surface area contributed by atoms with E-state index in [9.17, 15) is 18.0 Å². The molecule has 2 N–H and O–H groups in total. The predicted molar refractivity (Wildman–Crippen MR) is 71.8 cm³/mol. The Morgan fingerprint density at radius 3 is 2.10 bits per heavy atom. The van der Waals surface area contributed by atoms with Crippen LogP contribution < -0.4 is 5.32 Å². The Bertz CT molecular complexity index is 648. The SMILES string of the molecule is CC(Nc1c(F)cc(C(=O)O)cc1F)c1ccc(F)cc1. The summed E-state index contributed by atoms with van der Waals surface area (Å²) in [5, 5.41) is 11.3. The molecule has 0 fully saturated rings. The van der Waals surface area contributed by atoms with Crippen LogP contribution in [-0.4, -0.2) is 11.1 Å². The van der Waals surface area contributed by atoms with E-state index in [4.69, 9.17) is 5.11 Å². The number of carboxylic acids is 1. The van der Waals surface area contributed by atoms with Gasteiger partial charge in [0.15, 0.2) is 0 Å². The minimum atomic E-state index is -1.41. The lowest BCUT2D eigenvalue weighted by Gasteiger charge is -2.17. The van der Waals surface area contributed by atoms with Crippen LogP contribution in [0.3, 0.4) is 0 Å². The van der Waals surface area contributed by atoms with Crippen molar-refractivity contribution in [2.45, 2.75) is 13.0 Å². The Balaban J connectivity index is 2.27. The van der Waals surface area contributed by atoms with Gasteiger partial charge in [-0.1, -0.05) is 12.1 Å². The molecule has 2 rings (SSSR count). The summed E-state index contributed by atoms with van der Waals surface area (Å²) >= 11 is 0. The van der Waals surface area contributed by atoms with E-state index in [0.717, 1.165) is 12.1 Å². The van der Waals surface area contributed by atoms with Crippen molar-refractivity contribution in [1.29, 1.82) is 0 Å². The van der Waals surface area contributed by atoms with Crippen LogP contribution in [0, 0.1) is 17.5 Å². The Morgan fingerprint density at radius 1 is 1.10 bits per heavy atom. The molecular formula is C15H12F3NO2. The van der Waals surface area contributed by atoms with Crippen molar-refractivity contribution in [2.75, 3.05) is 5.32 Å². The lowest BCUT2D eigenvalue weighted by atomic mass is 10.1. The molecule has 0 saturated carbocycles. The van der Waals surface area contributed by atoms with Gasteiger partial charge in [-0.05, 0) is 36.8 Å². The molecule has 6 heteroatoms. The van der Waals surface area contributed by atoms with Crippen LogP contribution in [0.2, 0.25) is 0 Å². The molecule has 0 aliphatic carbocycles. The van der Waals surface area contributed by atoms with E-state index in [0.29, 0.717) is 5.56 Å². The number of carbonyl (C=O) groups is 1. The van der Waals surface area contributed by atoms with Crippen LogP contribution in [0.5, 0.6) is 0 Å². The highest BCUT2D eigenvalue weighted by Crippen LogP contribution is 2.26. The molecule has 2 aromatic rings. The van der Waals surface area contributed by atoms with Crippen molar-refractivity contribution in [3.05, 3.63) is 65.0 Å². The summed E-state index contributed by atoms with van der Waals surface area (Å²) in [6.45, 7) is 1.65. The molecule has 0 radical (unpaired) electrons. The second-order valence-corrected chi connectivity index (χ2v) is 4.54. The summed E-state index contributed by atoms with van der Waals surface area (Å²) in [6, 6.07) is 6.48. The summed E-state index contributed by atoms with van der Waals surface area (Å²) in [6.07, 6.45) is 0. The third-order valence-corrected chi connectivity index (χ3v) is 3.02. The van der Waals surface area contributed by atoms with Crippen LogP contribution in [0.1, 0.15) is 28.9 Å². The number of rotatable bonds is 4. The number of benzene rings is 2. The van der Waals surface area contributed by atoms with Gasteiger partial charge in [-0.3, -0.25) is 0 Å². The molecule has 1 unspecified atom stereocenters. The first-order chi connectivity index (χ1) is 9.88. The van der Waals surface area contributed by atoms with Gasteiger partial charge in [0.1, 0.15) is 23.1 Å². The number of carboxylic acid groups (broad SMARTS) is 1. The molecule has 0 aliphatic heterocycles. The maximum atomic E-state index is 13.8. The number of anilines is 1. The molecule has 110 valence electrons. The van der Waals surface area contributed by atoms with Crippen LogP contribution in [-0.2, 0) is 0 Å². The zero-order chi connectivity index (χ0) is 15.6. The summed E-state index contributed by atoms with van der Waals surface area (Å²) in [5.41, 5.74) is -0.251. The van der Waals surface area contributed by atoms with Gasteiger partial charge in [0.05, 0.1) is 5.56 Å². The molecule has 1 atom stereocenters. The summed E-state index contributed by atoms with van der Waals surface area (Å²) in [5.74, 6) is -3.82. The maximum absolute atomic E-state index is 13.8. The first kappa shape index (κ1) is 14.9. The zero-order valence-electron chi connectivity index (χ0n) is 11.0. The highest BCUT2D eigenvalue weighted by Gasteiger charge is 2.17. The molecule has 0 amide bonds. The van der Waals surface area contributed by atoms with Crippen LogP contribution in [0.25, 0.3) is 0 Å². The molecule has 2 aromatic carbocycles. The molecule has 0 aromatic heterocycles. The third-order valence-electron chi connectivity index (χ3n) is 3.02. The predicted octanol–water partition coefficient (Wildman–Crippen LogP) is 3.98. The minimum absolute atomic E-state index is 0.408. The normalized spacial score (nSPS) is 12.0. The standard InChI is InChI=1S/C15H12F3NO2/c1-8(9-2-4-11(16)5-3-9)19-14-12(17)6-10(15(20)21)7-13(14)18/h2-8,19H,1H3,(H,20,21). The first-order valence-electron chi connectivity index (χ1n) is 6.13. The van der Waals surface area contributed by atoms with Crippen molar-refractivity contribution in [2.24, 2.45) is 0 Å². The minimum Gasteiger partial charge on any atom is -0.478 e. The zero-order valence-corrected chi connectivity index (χ0v) is 11.0. The average molecular weight is 295 g/mol. The largest absolute Gasteiger partial charge is 0.478 e. The fourth-order valence-electron chi connectivity index (χ4n) is 1.89. The van der Waals surface area contributed by atoms with Gasteiger partial charge in [-0.15, -0.1) is 0 Å². The van der Waals surface area contributed by atoms with Gasteiger partial charge in [0.25, 0.3) is 0 Å². The molecular weight excluding hydrogens is 283 g/mol. The van der Waals surface area contributed by atoms with E-state index in [1.165, 1.54) is 24.3 Å².